The zero-order chi connectivity index (χ0) is 18.7. The van der Waals surface area contributed by atoms with Gasteiger partial charge in [0.25, 0.3) is 10.0 Å². The number of amides is 1. The van der Waals surface area contributed by atoms with E-state index in [1.807, 2.05) is 6.92 Å². The molecule has 1 saturated heterocycles. The van der Waals surface area contributed by atoms with Gasteiger partial charge in [0.2, 0.25) is 5.91 Å². The second-order valence-corrected chi connectivity index (χ2v) is 8.20. The highest BCUT2D eigenvalue weighted by Gasteiger charge is 2.27. The van der Waals surface area contributed by atoms with Crippen LogP contribution in [0.25, 0.3) is 0 Å². The van der Waals surface area contributed by atoms with Crippen LogP contribution in [0, 0.1) is 0 Å². The van der Waals surface area contributed by atoms with Gasteiger partial charge in [0.1, 0.15) is 18.2 Å². The van der Waals surface area contributed by atoms with Gasteiger partial charge in [0.05, 0.1) is 17.4 Å². The number of ether oxygens (including phenoxy) is 1. The first-order valence-corrected chi connectivity index (χ1v) is 10.4. The highest BCUT2D eigenvalue weighted by Crippen LogP contribution is 2.28. The SMILES string of the molecule is CCCC(=O)N1CCC[C@H](COc2cccc3c2C(N)=NS(=O)(=O)C3)N1. The summed E-state index contributed by atoms with van der Waals surface area (Å²) in [4.78, 5) is 12.0. The fourth-order valence-electron chi connectivity index (χ4n) is 3.23. The number of nitrogens with one attached hydrogen (secondary N) is 1. The lowest BCUT2D eigenvalue weighted by atomic mass is 10.1. The second kappa shape index (κ2) is 7.63. The van der Waals surface area contributed by atoms with Crippen LogP contribution in [-0.4, -0.2) is 44.4 Å². The number of rotatable bonds is 5. The van der Waals surface area contributed by atoms with Crippen molar-refractivity contribution in [2.24, 2.45) is 10.1 Å². The second-order valence-electron chi connectivity index (χ2n) is 6.57. The van der Waals surface area contributed by atoms with E-state index >= 15 is 0 Å². The topological polar surface area (TPSA) is 114 Å². The Bertz CT molecular complexity index is 822. The molecule has 1 aromatic rings. The molecule has 9 heteroatoms. The quantitative estimate of drug-likeness (QED) is 0.785. The zero-order valence-corrected chi connectivity index (χ0v) is 15.6. The Balaban J connectivity index is 1.69. The maximum Gasteiger partial charge on any atom is 0.259 e. The van der Waals surface area contributed by atoms with Gasteiger partial charge in [-0.2, -0.15) is 0 Å². The van der Waals surface area contributed by atoms with Crippen LogP contribution < -0.4 is 15.9 Å². The number of carbonyl (C=O) groups excluding carboxylic acids is 1. The number of hydrazine groups is 1. The highest BCUT2D eigenvalue weighted by molar-refractivity contribution is 7.89. The van der Waals surface area contributed by atoms with Crippen LogP contribution >= 0.6 is 0 Å². The van der Waals surface area contributed by atoms with Crippen LogP contribution in [0.3, 0.4) is 0 Å². The number of carbonyl (C=O) groups is 1. The number of hydrogen-bond acceptors (Lipinski definition) is 6. The Hall–Kier alpha value is -2.13. The normalized spacial score (nSPS) is 21.7. The first-order valence-electron chi connectivity index (χ1n) is 8.79. The van der Waals surface area contributed by atoms with Gasteiger partial charge in [-0.3, -0.25) is 9.80 Å². The van der Waals surface area contributed by atoms with Crippen LogP contribution in [-0.2, 0) is 20.6 Å². The third-order valence-corrected chi connectivity index (χ3v) is 5.57. The molecule has 142 valence electrons. The summed E-state index contributed by atoms with van der Waals surface area (Å²) in [5.41, 5.74) is 10.2. The predicted octanol–water partition coefficient (Wildman–Crippen LogP) is 0.910. The molecule has 2 aliphatic heterocycles. The molecule has 0 saturated carbocycles. The molecule has 0 bridgehead atoms. The van der Waals surface area contributed by atoms with E-state index in [9.17, 15) is 13.2 Å². The van der Waals surface area contributed by atoms with E-state index in [4.69, 9.17) is 10.5 Å². The minimum atomic E-state index is -3.57. The highest BCUT2D eigenvalue weighted by atomic mass is 32.2. The Morgan fingerprint density at radius 3 is 3.04 bits per heavy atom. The molecule has 2 heterocycles. The average Bonchev–Trinajstić information content (AvgIpc) is 2.59. The van der Waals surface area contributed by atoms with Gasteiger partial charge in [-0.05, 0) is 30.9 Å². The Morgan fingerprint density at radius 2 is 2.27 bits per heavy atom. The summed E-state index contributed by atoms with van der Waals surface area (Å²) < 4.78 is 33.0. The van der Waals surface area contributed by atoms with E-state index in [2.05, 4.69) is 9.82 Å². The van der Waals surface area contributed by atoms with E-state index in [1.54, 1.807) is 23.2 Å². The maximum atomic E-state index is 12.0. The Morgan fingerprint density at radius 1 is 1.46 bits per heavy atom. The van der Waals surface area contributed by atoms with Crippen LogP contribution in [0.1, 0.15) is 43.7 Å². The number of nitrogens with two attached hydrogens (primary N) is 1. The van der Waals surface area contributed by atoms with Gasteiger partial charge in [-0.25, -0.2) is 13.8 Å². The summed E-state index contributed by atoms with van der Waals surface area (Å²) in [6.45, 7) is 3.03. The molecule has 0 radical (unpaired) electrons. The van der Waals surface area contributed by atoms with Crippen molar-refractivity contribution in [3.63, 3.8) is 0 Å². The van der Waals surface area contributed by atoms with Crippen molar-refractivity contribution in [3.8, 4) is 5.75 Å². The molecule has 2 aliphatic rings. The van der Waals surface area contributed by atoms with Gasteiger partial charge < -0.3 is 10.5 Å². The number of amidine groups is 1. The Kier molecular flexibility index (Phi) is 5.47. The summed E-state index contributed by atoms with van der Waals surface area (Å²) in [6, 6.07) is 5.21. The summed E-state index contributed by atoms with van der Waals surface area (Å²) in [6.07, 6.45) is 3.14. The van der Waals surface area contributed by atoms with Crippen molar-refractivity contribution in [1.29, 1.82) is 0 Å². The lowest BCUT2D eigenvalue weighted by Crippen LogP contribution is -2.54. The van der Waals surface area contributed by atoms with Crippen molar-refractivity contribution < 1.29 is 17.9 Å². The van der Waals surface area contributed by atoms with E-state index in [0.717, 1.165) is 19.3 Å². The summed E-state index contributed by atoms with van der Waals surface area (Å²) >= 11 is 0. The molecule has 1 aromatic carbocycles. The predicted molar refractivity (Wildman–Crippen MR) is 98.1 cm³/mol. The lowest BCUT2D eigenvalue weighted by Gasteiger charge is -2.34. The molecule has 1 atom stereocenters. The van der Waals surface area contributed by atoms with Gasteiger partial charge in [0.15, 0.2) is 0 Å². The first-order chi connectivity index (χ1) is 12.4. The lowest BCUT2D eigenvalue weighted by molar-refractivity contribution is -0.137. The number of hydrogen-bond donors (Lipinski definition) is 2. The summed E-state index contributed by atoms with van der Waals surface area (Å²) in [7, 11) is -3.57. The van der Waals surface area contributed by atoms with Crippen LogP contribution in [0.5, 0.6) is 5.75 Å². The molecular weight excluding hydrogens is 356 g/mol. The smallest absolute Gasteiger partial charge is 0.259 e. The fraction of sp³-hybridized carbons (Fsp3) is 0.529. The number of nitrogens with zero attached hydrogens (tertiary/aromatic N) is 2. The molecule has 1 fully saturated rings. The molecule has 8 nitrogen and oxygen atoms in total. The van der Waals surface area contributed by atoms with Crippen molar-refractivity contribution in [1.82, 2.24) is 10.4 Å². The molecule has 26 heavy (non-hydrogen) atoms. The number of sulfonamides is 1. The number of benzene rings is 1. The van der Waals surface area contributed by atoms with E-state index in [0.29, 0.717) is 36.4 Å². The van der Waals surface area contributed by atoms with Crippen LogP contribution in [0.15, 0.2) is 22.6 Å². The molecular formula is C17H24N4O4S. The van der Waals surface area contributed by atoms with Crippen molar-refractivity contribution in [2.45, 2.75) is 44.4 Å². The van der Waals surface area contributed by atoms with Gasteiger partial charge in [0, 0.05) is 13.0 Å². The van der Waals surface area contributed by atoms with Crippen molar-refractivity contribution in [3.05, 3.63) is 29.3 Å². The molecule has 1 amide bonds. The van der Waals surface area contributed by atoms with Gasteiger partial charge in [-0.1, -0.05) is 19.1 Å². The minimum Gasteiger partial charge on any atom is -0.491 e. The van der Waals surface area contributed by atoms with Crippen molar-refractivity contribution in [2.75, 3.05) is 13.2 Å². The minimum absolute atomic E-state index is 0.00546. The fourth-order valence-corrected chi connectivity index (χ4v) is 4.32. The largest absolute Gasteiger partial charge is 0.491 e. The first kappa shape index (κ1) is 18.7. The summed E-state index contributed by atoms with van der Waals surface area (Å²) in [5.74, 6) is 0.382. The molecule has 0 aliphatic carbocycles. The van der Waals surface area contributed by atoms with E-state index in [-0.39, 0.29) is 23.5 Å². The third kappa shape index (κ3) is 4.16. The Labute approximate surface area is 153 Å². The molecule has 0 unspecified atom stereocenters. The van der Waals surface area contributed by atoms with E-state index < -0.39 is 10.0 Å². The standard InChI is InChI=1S/C17H24N4O4S/c1-2-5-15(22)21-9-4-7-13(19-21)10-25-14-8-3-6-12-11-26(23,24)20-17(18)16(12)14/h3,6,8,13,19H,2,4-5,7,9-11H2,1H3,(H2,18,20)/t13-/m1/s1. The molecule has 3 rings (SSSR count). The summed E-state index contributed by atoms with van der Waals surface area (Å²) in [5, 5.41) is 1.67. The van der Waals surface area contributed by atoms with E-state index in [1.165, 1.54) is 0 Å². The maximum absolute atomic E-state index is 12.0. The van der Waals surface area contributed by atoms with Crippen LogP contribution in [0.4, 0.5) is 0 Å². The molecule has 0 spiro atoms. The van der Waals surface area contributed by atoms with Gasteiger partial charge >= 0.3 is 0 Å². The molecule has 0 aromatic heterocycles. The molecule has 3 N–H and O–H groups in total. The zero-order valence-electron chi connectivity index (χ0n) is 14.8. The monoisotopic (exact) mass is 380 g/mol. The van der Waals surface area contributed by atoms with Crippen LogP contribution in [0.2, 0.25) is 0 Å². The third-order valence-electron chi connectivity index (χ3n) is 4.42. The van der Waals surface area contributed by atoms with Gasteiger partial charge in [-0.15, -0.1) is 4.40 Å². The van der Waals surface area contributed by atoms with Crippen molar-refractivity contribution >= 4 is 21.8 Å². The average molecular weight is 380 g/mol. The number of fused-ring (bicyclic) bond motifs is 1.